The second-order valence-corrected chi connectivity index (χ2v) is 4.55. The first kappa shape index (κ1) is 17.3. The molecule has 1 atom stereocenters. The Bertz CT molecular complexity index is 235. The summed E-state index contributed by atoms with van der Waals surface area (Å²) in [4.78, 5) is 2.28. The fraction of sp³-hybridized carbons (Fsp3) is 0.923. The van der Waals surface area contributed by atoms with Gasteiger partial charge in [-0.2, -0.15) is 5.26 Å². The van der Waals surface area contributed by atoms with Crippen molar-refractivity contribution in [2.24, 2.45) is 5.73 Å². The van der Waals surface area contributed by atoms with Crippen molar-refractivity contribution < 1.29 is 9.47 Å². The molecule has 5 nitrogen and oxygen atoms in total. The van der Waals surface area contributed by atoms with Crippen molar-refractivity contribution in [3.05, 3.63) is 0 Å². The number of nitriles is 1. The lowest BCUT2D eigenvalue weighted by Crippen LogP contribution is -2.39. The Labute approximate surface area is 111 Å². The molecule has 0 aliphatic heterocycles. The van der Waals surface area contributed by atoms with Crippen LogP contribution in [-0.4, -0.2) is 57.5 Å². The molecular formula is C13H27N3O2. The molecule has 0 rings (SSSR count). The van der Waals surface area contributed by atoms with Crippen molar-refractivity contribution >= 4 is 0 Å². The summed E-state index contributed by atoms with van der Waals surface area (Å²) in [5, 5.41) is 9.00. The molecule has 1 unspecified atom stereocenters. The van der Waals surface area contributed by atoms with E-state index in [1.54, 1.807) is 14.2 Å². The van der Waals surface area contributed by atoms with Crippen LogP contribution in [0.25, 0.3) is 0 Å². The van der Waals surface area contributed by atoms with E-state index in [1.165, 1.54) is 0 Å². The topological polar surface area (TPSA) is 71.5 Å². The minimum atomic E-state index is -0.672. The largest absolute Gasteiger partial charge is 0.383 e. The van der Waals surface area contributed by atoms with Crippen LogP contribution in [0.3, 0.4) is 0 Å². The Balaban J connectivity index is 3.97. The van der Waals surface area contributed by atoms with Gasteiger partial charge in [-0.3, -0.25) is 4.90 Å². The number of ether oxygens (including phenoxy) is 2. The zero-order valence-corrected chi connectivity index (χ0v) is 11.9. The molecule has 0 heterocycles. The molecule has 0 aromatic carbocycles. The SMILES string of the molecule is CCC(N)(C#N)CCCN(CCOC)CCOC. The van der Waals surface area contributed by atoms with Crippen LogP contribution in [0.15, 0.2) is 0 Å². The zero-order valence-electron chi connectivity index (χ0n) is 11.9. The molecule has 0 saturated carbocycles. The lowest BCUT2D eigenvalue weighted by molar-refractivity contribution is 0.112. The van der Waals surface area contributed by atoms with E-state index in [1.807, 2.05) is 6.92 Å². The number of hydrogen-bond acceptors (Lipinski definition) is 5. The van der Waals surface area contributed by atoms with E-state index in [0.717, 1.165) is 32.5 Å². The summed E-state index contributed by atoms with van der Waals surface area (Å²) in [6.07, 6.45) is 2.35. The molecule has 0 radical (unpaired) electrons. The van der Waals surface area contributed by atoms with Gasteiger partial charge in [0.25, 0.3) is 0 Å². The summed E-state index contributed by atoms with van der Waals surface area (Å²) in [5.74, 6) is 0. The predicted octanol–water partition coefficient (Wildman–Crippen LogP) is 0.992. The molecule has 0 aromatic rings. The van der Waals surface area contributed by atoms with Gasteiger partial charge in [0.1, 0.15) is 5.54 Å². The number of nitrogens with two attached hydrogens (primary N) is 1. The molecular weight excluding hydrogens is 230 g/mol. The Kier molecular flexibility index (Phi) is 9.89. The van der Waals surface area contributed by atoms with E-state index in [-0.39, 0.29) is 0 Å². The van der Waals surface area contributed by atoms with E-state index in [4.69, 9.17) is 20.5 Å². The Hall–Kier alpha value is -0.670. The monoisotopic (exact) mass is 257 g/mol. The van der Waals surface area contributed by atoms with Crippen LogP contribution in [0.1, 0.15) is 26.2 Å². The highest BCUT2D eigenvalue weighted by molar-refractivity contribution is 5.03. The van der Waals surface area contributed by atoms with E-state index < -0.39 is 5.54 Å². The van der Waals surface area contributed by atoms with Crippen LogP contribution >= 0.6 is 0 Å². The minimum absolute atomic E-state index is 0.672. The van der Waals surface area contributed by atoms with Gasteiger partial charge in [0, 0.05) is 27.3 Å². The Morgan fingerprint density at radius 1 is 1.17 bits per heavy atom. The lowest BCUT2D eigenvalue weighted by Gasteiger charge is -2.24. The van der Waals surface area contributed by atoms with Crippen molar-refractivity contribution in [2.75, 3.05) is 47.1 Å². The maximum Gasteiger partial charge on any atom is 0.104 e. The van der Waals surface area contributed by atoms with Gasteiger partial charge in [-0.15, -0.1) is 0 Å². The van der Waals surface area contributed by atoms with Gasteiger partial charge in [0.05, 0.1) is 19.3 Å². The molecule has 0 aromatic heterocycles. The summed E-state index contributed by atoms with van der Waals surface area (Å²) in [6.45, 7) is 6.07. The summed E-state index contributed by atoms with van der Waals surface area (Å²) < 4.78 is 10.2. The molecule has 0 aliphatic rings. The summed E-state index contributed by atoms with van der Waals surface area (Å²) in [7, 11) is 3.40. The average Bonchev–Trinajstić information content (AvgIpc) is 2.40. The Morgan fingerprint density at radius 2 is 1.72 bits per heavy atom. The molecule has 106 valence electrons. The van der Waals surface area contributed by atoms with Crippen molar-refractivity contribution in [1.82, 2.24) is 4.90 Å². The van der Waals surface area contributed by atoms with Gasteiger partial charge in [-0.25, -0.2) is 0 Å². The molecule has 0 amide bonds. The second kappa shape index (κ2) is 10.3. The molecule has 0 saturated heterocycles. The average molecular weight is 257 g/mol. The van der Waals surface area contributed by atoms with Gasteiger partial charge >= 0.3 is 0 Å². The molecule has 5 heteroatoms. The predicted molar refractivity (Wildman–Crippen MR) is 72.2 cm³/mol. The fourth-order valence-electron chi connectivity index (χ4n) is 1.71. The van der Waals surface area contributed by atoms with Gasteiger partial charge in [-0.1, -0.05) is 6.92 Å². The normalized spacial score (nSPS) is 14.4. The van der Waals surface area contributed by atoms with E-state index in [9.17, 15) is 0 Å². The van der Waals surface area contributed by atoms with Crippen LogP contribution in [0.5, 0.6) is 0 Å². The number of nitrogens with zero attached hydrogens (tertiary/aromatic N) is 2. The zero-order chi connectivity index (χ0) is 13.9. The maximum atomic E-state index is 9.00. The summed E-state index contributed by atoms with van der Waals surface area (Å²) >= 11 is 0. The van der Waals surface area contributed by atoms with Gasteiger partial charge in [0.15, 0.2) is 0 Å². The van der Waals surface area contributed by atoms with E-state index in [2.05, 4.69) is 11.0 Å². The van der Waals surface area contributed by atoms with Gasteiger partial charge in [0.2, 0.25) is 0 Å². The van der Waals surface area contributed by atoms with Crippen LogP contribution in [0.2, 0.25) is 0 Å². The molecule has 0 spiro atoms. The van der Waals surface area contributed by atoms with E-state index >= 15 is 0 Å². The van der Waals surface area contributed by atoms with E-state index in [0.29, 0.717) is 19.6 Å². The van der Waals surface area contributed by atoms with Crippen molar-refractivity contribution in [3.8, 4) is 6.07 Å². The quantitative estimate of drug-likeness (QED) is 0.597. The minimum Gasteiger partial charge on any atom is -0.383 e. The molecule has 0 fully saturated rings. The van der Waals surface area contributed by atoms with Crippen LogP contribution < -0.4 is 5.73 Å². The van der Waals surface area contributed by atoms with Gasteiger partial charge in [-0.05, 0) is 25.8 Å². The summed E-state index contributed by atoms with van der Waals surface area (Å²) in [6, 6.07) is 2.20. The first-order valence-corrected chi connectivity index (χ1v) is 6.52. The van der Waals surface area contributed by atoms with Crippen LogP contribution in [0, 0.1) is 11.3 Å². The van der Waals surface area contributed by atoms with Gasteiger partial charge < -0.3 is 15.2 Å². The Morgan fingerprint density at radius 3 is 2.11 bits per heavy atom. The smallest absolute Gasteiger partial charge is 0.104 e. The number of methoxy groups -OCH3 is 2. The second-order valence-electron chi connectivity index (χ2n) is 4.55. The highest BCUT2D eigenvalue weighted by atomic mass is 16.5. The number of rotatable bonds is 11. The highest BCUT2D eigenvalue weighted by Gasteiger charge is 2.21. The van der Waals surface area contributed by atoms with Crippen molar-refractivity contribution in [1.29, 1.82) is 5.26 Å². The molecule has 0 aliphatic carbocycles. The third kappa shape index (κ3) is 7.62. The van der Waals surface area contributed by atoms with Crippen LogP contribution in [0.4, 0.5) is 0 Å². The lowest BCUT2D eigenvalue weighted by atomic mass is 9.93. The van der Waals surface area contributed by atoms with Crippen LogP contribution in [-0.2, 0) is 9.47 Å². The summed E-state index contributed by atoms with van der Waals surface area (Å²) in [5.41, 5.74) is 5.28. The first-order chi connectivity index (χ1) is 8.61. The molecule has 18 heavy (non-hydrogen) atoms. The number of hydrogen-bond donors (Lipinski definition) is 1. The van der Waals surface area contributed by atoms with Crippen molar-refractivity contribution in [2.45, 2.75) is 31.7 Å². The third-order valence-electron chi connectivity index (χ3n) is 3.17. The highest BCUT2D eigenvalue weighted by Crippen LogP contribution is 2.13. The third-order valence-corrected chi connectivity index (χ3v) is 3.17. The maximum absolute atomic E-state index is 9.00. The van der Waals surface area contributed by atoms with Crippen molar-refractivity contribution in [3.63, 3.8) is 0 Å². The standard InChI is InChI=1S/C13H27N3O2/c1-4-13(15,12-14)6-5-7-16(8-10-17-2)9-11-18-3/h4-11,15H2,1-3H3. The molecule has 2 N–H and O–H groups in total. The first-order valence-electron chi connectivity index (χ1n) is 6.52. The fourth-order valence-corrected chi connectivity index (χ4v) is 1.71. The molecule has 0 bridgehead atoms.